The molecule has 0 saturated carbocycles. The highest BCUT2D eigenvalue weighted by atomic mass is 16.5. The molecule has 0 fully saturated rings. The third-order valence-electron chi connectivity index (χ3n) is 4.82. The largest absolute Gasteiger partial charge is 0.491 e. The summed E-state index contributed by atoms with van der Waals surface area (Å²) in [5, 5.41) is 24.3. The van der Waals surface area contributed by atoms with Crippen molar-refractivity contribution in [2.24, 2.45) is 0 Å². The Morgan fingerprint density at radius 3 is 1.40 bits per heavy atom. The minimum Gasteiger partial charge on any atom is -0.491 e. The molecule has 0 amide bonds. The van der Waals surface area contributed by atoms with Crippen molar-refractivity contribution in [2.75, 3.05) is 39.4 Å². The van der Waals surface area contributed by atoms with Crippen molar-refractivity contribution in [3.05, 3.63) is 60.7 Å². The first-order valence-corrected chi connectivity index (χ1v) is 11.1. The van der Waals surface area contributed by atoms with Crippen LogP contribution in [0.5, 0.6) is 11.5 Å². The highest BCUT2D eigenvalue weighted by Gasteiger charge is 2.08. The molecule has 0 aliphatic carbocycles. The van der Waals surface area contributed by atoms with E-state index in [1.807, 2.05) is 60.7 Å². The Labute approximate surface area is 180 Å². The summed E-state index contributed by atoms with van der Waals surface area (Å²) in [6.45, 7) is 4.06. The third-order valence-corrected chi connectivity index (χ3v) is 4.82. The van der Waals surface area contributed by atoms with Crippen LogP contribution in [0.15, 0.2) is 60.7 Å². The van der Waals surface area contributed by atoms with Crippen LogP contribution >= 0.6 is 0 Å². The van der Waals surface area contributed by atoms with Gasteiger partial charge < -0.3 is 30.3 Å². The molecule has 0 aliphatic heterocycles. The zero-order valence-corrected chi connectivity index (χ0v) is 17.9. The average Bonchev–Trinajstić information content (AvgIpc) is 2.79. The summed E-state index contributed by atoms with van der Waals surface area (Å²) < 4.78 is 11.1. The summed E-state index contributed by atoms with van der Waals surface area (Å²) in [4.78, 5) is 0. The molecule has 0 aromatic heterocycles. The van der Waals surface area contributed by atoms with E-state index in [9.17, 15) is 10.2 Å². The molecule has 0 heterocycles. The lowest BCUT2D eigenvalue weighted by molar-refractivity contribution is -0.662. The molecule has 2 aromatic rings. The van der Waals surface area contributed by atoms with E-state index in [2.05, 4.69) is 10.6 Å². The number of quaternary nitrogens is 2. The molecule has 2 atom stereocenters. The van der Waals surface area contributed by atoms with Crippen LogP contribution in [0, 0.1) is 0 Å². The number of nitrogens with two attached hydrogens (primary N) is 2. The van der Waals surface area contributed by atoms with Gasteiger partial charge in [-0.15, -0.1) is 0 Å². The summed E-state index contributed by atoms with van der Waals surface area (Å²) in [7, 11) is 0. The van der Waals surface area contributed by atoms with Crippen molar-refractivity contribution in [3.63, 3.8) is 0 Å². The number of hydrogen-bond donors (Lipinski definition) is 4. The Morgan fingerprint density at radius 1 is 0.600 bits per heavy atom. The summed E-state index contributed by atoms with van der Waals surface area (Å²) >= 11 is 0. The van der Waals surface area contributed by atoms with Gasteiger partial charge in [0.1, 0.15) is 50.0 Å². The number of ether oxygens (including phenoxy) is 2. The standard InChI is InChI=1S/C24H36N2O4/c27-21(19-29-23-11-5-3-6-12-23)17-25-15-9-1-2-10-16-26-18-22(28)20-30-24-13-7-4-8-14-24/h3-8,11-14,21-22,25-28H,1-2,9-10,15-20H2/p+2/t21-,22+. The SMILES string of the molecule is O[C@H](C[NH2+]CCCCCC[NH2+]C[C@H](O)COc1ccccc1)COc1ccccc1. The molecule has 6 N–H and O–H groups in total. The molecule has 166 valence electrons. The van der Waals surface area contributed by atoms with Crippen molar-refractivity contribution in [1.82, 2.24) is 0 Å². The minimum absolute atomic E-state index is 0.332. The first-order chi connectivity index (χ1) is 14.7. The molecule has 2 aromatic carbocycles. The van der Waals surface area contributed by atoms with Crippen LogP contribution in [0.3, 0.4) is 0 Å². The highest BCUT2D eigenvalue weighted by Crippen LogP contribution is 2.08. The predicted molar refractivity (Wildman–Crippen MR) is 118 cm³/mol. The fraction of sp³-hybridized carbons (Fsp3) is 0.500. The van der Waals surface area contributed by atoms with Gasteiger partial charge in [0.25, 0.3) is 0 Å². The van der Waals surface area contributed by atoms with E-state index >= 15 is 0 Å². The van der Waals surface area contributed by atoms with Crippen molar-refractivity contribution >= 4 is 0 Å². The maximum Gasteiger partial charge on any atom is 0.137 e. The van der Waals surface area contributed by atoms with E-state index in [4.69, 9.17) is 9.47 Å². The van der Waals surface area contributed by atoms with Crippen LogP contribution in [-0.2, 0) is 0 Å². The van der Waals surface area contributed by atoms with Crippen LogP contribution < -0.4 is 20.1 Å². The quantitative estimate of drug-likeness (QED) is 0.283. The maximum absolute atomic E-state index is 9.97. The van der Waals surface area contributed by atoms with Crippen molar-refractivity contribution in [2.45, 2.75) is 37.9 Å². The molecule has 0 aliphatic rings. The van der Waals surface area contributed by atoms with Gasteiger partial charge in [-0.1, -0.05) is 36.4 Å². The first-order valence-electron chi connectivity index (χ1n) is 11.1. The Bertz CT molecular complexity index is 585. The predicted octanol–water partition coefficient (Wildman–Crippen LogP) is 0.553. The van der Waals surface area contributed by atoms with Crippen molar-refractivity contribution in [3.8, 4) is 11.5 Å². The maximum atomic E-state index is 9.97. The Balaban J connectivity index is 1.33. The Kier molecular flexibility index (Phi) is 12.6. The van der Waals surface area contributed by atoms with E-state index in [0.29, 0.717) is 26.3 Å². The van der Waals surface area contributed by atoms with Crippen molar-refractivity contribution < 1.29 is 30.3 Å². The van der Waals surface area contributed by atoms with Crippen LogP contribution in [0.25, 0.3) is 0 Å². The molecule has 6 nitrogen and oxygen atoms in total. The zero-order valence-electron chi connectivity index (χ0n) is 17.9. The van der Waals surface area contributed by atoms with Crippen LogP contribution in [0.1, 0.15) is 25.7 Å². The van der Waals surface area contributed by atoms with Crippen LogP contribution in [0.4, 0.5) is 0 Å². The van der Waals surface area contributed by atoms with Gasteiger partial charge in [-0.2, -0.15) is 0 Å². The molecular formula is C24H38N2O4+2. The van der Waals surface area contributed by atoms with E-state index in [0.717, 1.165) is 37.4 Å². The second kappa shape index (κ2) is 15.7. The molecule has 30 heavy (non-hydrogen) atoms. The summed E-state index contributed by atoms with van der Waals surface area (Å²) in [6.07, 6.45) is 3.80. The number of para-hydroxylation sites is 2. The van der Waals surface area contributed by atoms with E-state index in [1.54, 1.807) is 0 Å². The fourth-order valence-electron chi connectivity index (χ4n) is 3.11. The Morgan fingerprint density at radius 2 is 1.00 bits per heavy atom. The fourth-order valence-corrected chi connectivity index (χ4v) is 3.11. The lowest BCUT2D eigenvalue weighted by Gasteiger charge is -2.11. The van der Waals surface area contributed by atoms with Crippen molar-refractivity contribution in [1.29, 1.82) is 0 Å². The summed E-state index contributed by atoms with van der Waals surface area (Å²) in [5.41, 5.74) is 0. The van der Waals surface area contributed by atoms with Gasteiger partial charge in [-0.3, -0.25) is 0 Å². The monoisotopic (exact) mass is 418 g/mol. The highest BCUT2D eigenvalue weighted by molar-refractivity contribution is 5.21. The summed E-state index contributed by atoms with van der Waals surface area (Å²) in [5.74, 6) is 1.59. The number of benzene rings is 2. The third kappa shape index (κ3) is 11.8. The van der Waals surface area contributed by atoms with Gasteiger partial charge in [0.05, 0.1) is 13.1 Å². The molecule has 2 rings (SSSR count). The van der Waals surface area contributed by atoms with E-state index in [-0.39, 0.29) is 0 Å². The van der Waals surface area contributed by atoms with Crippen LogP contribution in [-0.4, -0.2) is 61.8 Å². The first kappa shape index (κ1) is 24.2. The molecular weight excluding hydrogens is 380 g/mol. The Hall–Kier alpha value is -2.12. The molecule has 0 bridgehead atoms. The second-order valence-corrected chi connectivity index (χ2v) is 7.60. The molecule has 0 spiro atoms. The molecule has 0 saturated heterocycles. The molecule has 0 unspecified atom stereocenters. The van der Waals surface area contributed by atoms with Gasteiger partial charge in [-0.25, -0.2) is 0 Å². The lowest BCUT2D eigenvalue weighted by atomic mass is 10.2. The number of unbranched alkanes of at least 4 members (excludes halogenated alkanes) is 3. The molecule has 0 radical (unpaired) electrons. The normalized spacial score (nSPS) is 13.0. The van der Waals surface area contributed by atoms with Gasteiger partial charge >= 0.3 is 0 Å². The van der Waals surface area contributed by atoms with Gasteiger partial charge in [-0.05, 0) is 49.9 Å². The van der Waals surface area contributed by atoms with E-state index in [1.165, 1.54) is 12.8 Å². The average molecular weight is 419 g/mol. The number of aliphatic hydroxyl groups excluding tert-OH is 2. The van der Waals surface area contributed by atoms with Crippen LogP contribution in [0.2, 0.25) is 0 Å². The zero-order chi connectivity index (χ0) is 21.3. The lowest BCUT2D eigenvalue weighted by Crippen LogP contribution is -2.86. The smallest absolute Gasteiger partial charge is 0.137 e. The number of hydrogen-bond acceptors (Lipinski definition) is 4. The number of aliphatic hydroxyl groups is 2. The topological polar surface area (TPSA) is 92.1 Å². The van der Waals surface area contributed by atoms with Gasteiger partial charge in [0, 0.05) is 0 Å². The van der Waals surface area contributed by atoms with E-state index < -0.39 is 12.2 Å². The second-order valence-electron chi connectivity index (χ2n) is 7.60. The number of rotatable bonds is 17. The summed E-state index contributed by atoms with van der Waals surface area (Å²) in [6, 6.07) is 19.2. The van der Waals surface area contributed by atoms with Gasteiger partial charge in [0.15, 0.2) is 0 Å². The molecule has 6 heteroatoms. The van der Waals surface area contributed by atoms with Gasteiger partial charge in [0.2, 0.25) is 0 Å². The minimum atomic E-state index is -0.447.